The van der Waals surface area contributed by atoms with Crippen LogP contribution in [0.15, 0.2) is 42.5 Å². The molecule has 116 valence electrons. The van der Waals surface area contributed by atoms with E-state index in [1.165, 1.54) is 10.8 Å². The lowest BCUT2D eigenvalue weighted by Crippen LogP contribution is -2.55. The Morgan fingerprint density at radius 3 is 2.32 bits per heavy atom. The van der Waals surface area contributed by atoms with Crippen LogP contribution in [0.25, 0.3) is 10.8 Å². The summed E-state index contributed by atoms with van der Waals surface area (Å²) in [6.45, 7) is 7.10. The predicted octanol–water partition coefficient (Wildman–Crippen LogP) is 3.72. The van der Waals surface area contributed by atoms with Gasteiger partial charge >= 0.3 is 8.56 Å². The van der Waals surface area contributed by atoms with Crippen LogP contribution in [-0.2, 0) is 8.85 Å². The molecule has 2 aromatic carbocycles. The van der Waals surface area contributed by atoms with Gasteiger partial charge in [0.15, 0.2) is 0 Å². The van der Waals surface area contributed by atoms with Gasteiger partial charge < -0.3 is 8.85 Å². The monoisotopic (exact) mass is 313 g/mol. The van der Waals surface area contributed by atoms with Crippen LogP contribution in [-0.4, -0.2) is 21.8 Å². The van der Waals surface area contributed by atoms with Crippen LogP contribution in [0, 0.1) is 17.2 Å². The van der Waals surface area contributed by atoms with Gasteiger partial charge in [0.25, 0.3) is 0 Å². The summed E-state index contributed by atoms with van der Waals surface area (Å²) >= 11 is 0. The molecule has 0 aliphatic rings. The van der Waals surface area contributed by atoms with E-state index in [2.05, 4.69) is 36.4 Å². The smallest absolute Gasteiger partial charge is 0.374 e. The molecular weight excluding hydrogens is 290 g/mol. The van der Waals surface area contributed by atoms with Crippen molar-refractivity contribution in [3.8, 4) is 6.07 Å². The highest BCUT2D eigenvalue weighted by Gasteiger charge is 2.42. The minimum atomic E-state index is -2.64. The zero-order chi connectivity index (χ0) is 16.0. The van der Waals surface area contributed by atoms with Crippen LogP contribution in [0.3, 0.4) is 0 Å². The van der Waals surface area contributed by atoms with Crippen molar-refractivity contribution in [2.24, 2.45) is 5.92 Å². The van der Waals surface area contributed by atoms with Crippen molar-refractivity contribution in [3.63, 3.8) is 0 Å². The standard InChI is InChI=1S/C18H23NO2Si/c1-4-20-22(21-5-2,14-15(3)13-19)18-12-8-10-16-9-6-7-11-17(16)18/h6-12,15H,4-5,14H2,1-3H3. The molecular formula is C18H23NO2Si. The minimum Gasteiger partial charge on any atom is -0.391 e. The maximum Gasteiger partial charge on any atom is 0.374 e. The summed E-state index contributed by atoms with van der Waals surface area (Å²) in [4.78, 5) is 0. The molecule has 0 amide bonds. The maximum absolute atomic E-state index is 9.26. The third-order valence-corrected chi connectivity index (χ3v) is 7.67. The van der Waals surface area contributed by atoms with E-state index in [0.29, 0.717) is 19.3 Å². The van der Waals surface area contributed by atoms with Crippen LogP contribution in [0.5, 0.6) is 0 Å². The molecule has 0 aliphatic carbocycles. The van der Waals surface area contributed by atoms with Crippen LogP contribution in [0.1, 0.15) is 20.8 Å². The van der Waals surface area contributed by atoms with E-state index in [4.69, 9.17) is 8.85 Å². The maximum atomic E-state index is 9.26. The quantitative estimate of drug-likeness (QED) is 0.732. The van der Waals surface area contributed by atoms with Gasteiger partial charge in [-0.15, -0.1) is 0 Å². The molecule has 3 nitrogen and oxygen atoms in total. The number of fused-ring (bicyclic) bond motifs is 1. The van der Waals surface area contributed by atoms with Crippen molar-refractivity contribution in [1.29, 1.82) is 5.26 Å². The first-order valence-electron chi connectivity index (χ1n) is 7.82. The van der Waals surface area contributed by atoms with Crippen LogP contribution in [0.2, 0.25) is 6.04 Å². The largest absolute Gasteiger partial charge is 0.391 e. The fourth-order valence-corrected chi connectivity index (χ4v) is 6.57. The second-order valence-corrected chi connectivity index (χ2v) is 8.41. The number of rotatable bonds is 7. The van der Waals surface area contributed by atoms with Crippen molar-refractivity contribution in [2.45, 2.75) is 26.8 Å². The molecule has 0 spiro atoms. The number of hydrogen-bond donors (Lipinski definition) is 0. The molecule has 2 rings (SSSR count). The molecule has 0 saturated carbocycles. The molecule has 1 unspecified atom stereocenters. The second-order valence-electron chi connectivity index (χ2n) is 5.38. The van der Waals surface area contributed by atoms with Crippen molar-refractivity contribution in [1.82, 2.24) is 0 Å². The number of hydrogen-bond acceptors (Lipinski definition) is 3. The lowest BCUT2D eigenvalue weighted by atomic mass is 10.1. The van der Waals surface area contributed by atoms with E-state index in [9.17, 15) is 5.26 Å². The van der Waals surface area contributed by atoms with Gasteiger partial charge in [0.1, 0.15) is 0 Å². The lowest BCUT2D eigenvalue weighted by molar-refractivity contribution is 0.193. The molecule has 0 fully saturated rings. The first kappa shape index (κ1) is 16.7. The summed E-state index contributed by atoms with van der Waals surface area (Å²) in [7, 11) is -2.64. The molecule has 0 radical (unpaired) electrons. The van der Waals surface area contributed by atoms with Gasteiger partial charge in [-0.2, -0.15) is 5.26 Å². The average molecular weight is 313 g/mol. The Bertz CT molecular complexity index is 654. The van der Waals surface area contributed by atoms with E-state index in [1.54, 1.807) is 0 Å². The zero-order valence-corrected chi connectivity index (χ0v) is 14.5. The molecule has 0 aromatic heterocycles. The van der Waals surface area contributed by atoms with Gasteiger partial charge in [-0.05, 0) is 31.5 Å². The molecule has 4 heteroatoms. The Hall–Kier alpha value is -1.67. The SMILES string of the molecule is CCO[Si](CC(C)C#N)(OCC)c1cccc2ccccc12. The molecule has 0 bridgehead atoms. The lowest BCUT2D eigenvalue weighted by Gasteiger charge is -2.32. The molecule has 0 saturated heterocycles. The number of benzene rings is 2. The minimum absolute atomic E-state index is 0.0938. The Morgan fingerprint density at radius 2 is 1.68 bits per heavy atom. The van der Waals surface area contributed by atoms with Crippen LogP contribution < -0.4 is 5.19 Å². The first-order chi connectivity index (χ1) is 10.7. The summed E-state index contributed by atoms with van der Waals surface area (Å²) in [6.07, 6.45) is 0. The van der Waals surface area contributed by atoms with Gasteiger partial charge in [-0.1, -0.05) is 42.5 Å². The van der Waals surface area contributed by atoms with Crippen LogP contribution >= 0.6 is 0 Å². The van der Waals surface area contributed by atoms with E-state index in [-0.39, 0.29) is 5.92 Å². The van der Waals surface area contributed by atoms with Gasteiger partial charge in [0.2, 0.25) is 0 Å². The number of nitrogens with zero attached hydrogens (tertiary/aromatic N) is 1. The summed E-state index contributed by atoms with van der Waals surface area (Å²) in [6, 6.07) is 17.5. The summed E-state index contributed by atoms with van der Waals surface area (Å²) in [5, 5.41) is 12.7. The molecule has 0 N–H and O–H groups in total. The fourth-order valence-electron chi connectivity index (χ4n) is 2.90. The predicted molar refractivity (Wildman–Crippen MR) is 92.2 cm³/mol. The second kappa shape index (κ2) is 7.55. The highest BCUT2D eigenvalue weighted by atomic mass is 28.4. The molecule has 0 heterocycles. The van der Waals surface area contributed by atoms with E-state index in [0.717, 1.165) is 5.19 Å². The first-order valence-corrected chi connectivity index (χ1v) is 9.85. The van der Waals surface area contributed by atoms with Crippen molar-refractivity contribution >= 4 is 24.5 Å². The molecule has 22 heavy (non-hydrogen) atoms. The Labute approximate surface area is 133 Å². The van der Waals surface area contributed by atoms with Gasteiger partial charge in [-0.25, -0.2) is 0 Å². The highest BCUT2D eigenvalue weighted by Crippen LogP contribution is 2.24. The van der Waals surface area contributed by atoms with Gasteiger partial charge in [0.05, 0.1) is 6.07 Å². The third-order valence-electron chi connectivity index (χ3n) is 3.75. The highest BCUT2D eigenvalue weighted by molar-refractivity contribution is 6.83. The molecule has 1 atom stereocenters. The summed E-state index contributed by atoms with van der Waals surface area (Å²) in [5.74, 6) is -0.0938. The molecule has 0 aliphatic heterocycles. The van der Waals surface area contributed by atoms with Gasteiger partial charge in [0, 0.05) is 30.4 Å². The van der Waals surface area contributed by atoms with Crippen LogP contribution in [0.4, 0.5) is 0 Å². The normalized spacial score (nSPS) is 13.0. The van der Waals surface area contributed by atoms with Gasteiger partial charge in [-0.3, -0.25) is 0 Å². The van der Waals surface area contributed by atoms with E-state index in [1.807, 2.05) is 32.9 Å². The average Bonchev–Trinajstić information content (AvgIpc) is 2.54. The Morgan fingerprint density at radius 1 is 1.05 bits per heavy atom. The van der Waals surface area contributed by atoms with Crippen molar-refractivity contribution in [3.05, 3.63) is 42.5 Å². The zero-order valence-electron chi connectivity index (χ0n) is 13.5. The Kier molecular flexibility index (Phi) is 5.73. The Balaban J connectivity index is 2.61. The third kappa shape index (κ3) is 3.38. The van der Waals surface area contributed by atoms with Crippen molar-refractivity contribution in [2.75, 3.05) is 13.2 Å². The van der Waals surface area contributed by atoms with Crippen molar-refractivity contribution < 1.29 is 8.85 Å². The molecule has 2 aromatic rings. The van der Waals surface area contributed by atoms with E-state index >= 15 is 0 Å². The summed E-state index contributed by atoms with van der Waals surface area (Å²) in [5.41, 5.74) is 0. The fraction of sp³-hybridized carbons (Fsp3) is 0.389. The van der Waals surface area contributed by atoms with E-state index < -0.39 is 8.56 Å². The topological polar surface area (TPSA) is 42.2 Å². The number of nitriles is 1. The summed E-state index contributed by atoms with van der Waals surface area (Å²) < 4.78 is 12.4.